The summed E-state index contributed by atoms with van der Waals surface area (Å²) in [5, 5.41) is 20.9. The van der Waals surface area contributed by atoms with Gasteiger partial charge in [-0.3, -0.25) is 4.99 Å². The first kappa shape index (κ1) is 19.0. The molecule has 2 saturated heterocycles. The number of ether oxygens (including phenoxy) is 4. The van der Waals surface area contributed by atoms with Gasteiger partial charge >= 0.3 is 0 Å². The highest BCUT2D eigenvalue weighted by molar-refractivity contribution is 5.83. The molecule has 0 aromatic heterocycles. The van der Waals surface area contributed by atoms with Crippen LogP contribution in [0, 0.1) is 0 Å². The number of para-hydroxylation sites is 1. The first-order valence-electron chi connectivity index (χ1n) is 9.17. The summed E-state index contributed by atoms with van der Waals surface area (Å²) < 4.78 is 23.1. The van der Waals surface area contributed by atoms with E-state index in [0.29, 0.717) is 5.56 Å². The maximum atomic E-state index is 11.0. The number of nitrogens with zero attached hydrogens (tertiary/aromatic N) is 1. The first-order valence-corrected chi connectivity index (χ1v) is 9.17. The number of rotatable bonds is 4. The fourth-order valence-corrected chi connectivity index (χ4v) is 3.47. The smallest absolute Gasteiger partial charge is 0.184 e. The number of benzene rings is 2. The van der Waals surface area contributed by atoms with Crippen molar-refractivity contribution in [3.63, 3.8) is 0 Å². The molecule has 1 unspecified atom stereocenters. The van der Waals surface area contributed by atoms with Crippen LogP contribution in [0.4, 0.5) is 0 Å². The number of hydrogen-bond acceptors (Lipinski definition) is 7. The van der Waals surface area contributed by atoms with Gasteiger partial charge in [0.2, 0.25) is 0 Å². The van der Waals surface area contributed by atoms with E-state index >= 15 is 0 Å². The lowest BCUT2D eigenvalue weighted by atomic mass is 9.96. The molecule has 2 aromatic rings. The summed E-state index contributed by atoms with van der Waals surface area (Å²) >= 11 is 0. The van der Waals surface area contributed by atoms with Crippen molar-refractivity contribution < 1.29 is 29.2 Å². The molecule has 6 atom stereocenters. The van der Waals surface area contributed by atoms with Crippen molar-refractivity contribution in [1.29, 1.82) is 0 Å². The van der Waals surface area contributed by atoms with Gasteiger partial charge in [0.15, 0.2) is 12.6 Å². The summed E-state index contributed by atoms with van der Waals surface area (Å²) in [6.45, 7) is 0.275. The largest absolute Gasteiger partial charge is 0.507 e. The Morgan fingerprint density at radius 2 is 1.82 bits per heavy atom. The number of aliphatic imine (C=N–C) groups is 1. The van der Waals surface area contributed by atoms with E-state index < -0.39 is 36.9 Å². The number of aliphatic hydroxyl groups is 1. The van der Waals surface area contributed by atoms with Crippen LogP contribution in [0.3, 0.4) is 0 Å². The standard InChI is InChI=1S/C21H23NO6/c1-25-21-17(22-11-14-9-5-6-10-15(14)23)18(24)19-16(27-21)12-26-20(28-19)13-7-3-2-4-8-13/h2-11,16-21,23-24H,12H2,1H3/t16-,17-,18+,19-,20?,21+/m1/s1. The van der Waals surface area contributed by atoms with Gasteiger partial charge in [-0.15, -0.1) is 0 Å². The van der Waals surface area contributed by atoms with Crippen molar-refractivity contribution >= 4 is 6.21 Å². The van der Waals surface area contributed by atoms with E-state index in [1.54, 1.807) is 24.3 Å². The zero-order valence-corrected chi connectivity index (χ0v) is 15.4. The Hall–Kier alpha value is -2.29. The van der Waals surface area contributed by atoms with Gasteiger partial charge in [-0.05, 0) is 12.1 Å². The zero-order valence-electron chi connectivity index (χ0n) is 15.4. The molecule has 0 amide bonds. The number of methoxy groups -OCH3 is 1. The zero-order chi connectivity index (χ0) is 19.5. The quantitative estimate of drug-likeness (QED) is 0.783. The fraction of sp³-hybridized carbons (Fsp3) is 0.381. The van der Waals surface area contributed by atoms with Crippen LogP contribution in [0.15, 0.2) is 59.6 Å². The molecule has 2 aliphatic heterocycles. The molecular formula is C21H23NO6. The third kappa shape index (κ3) is 3.80. The molecule has 7 nitrogen and oxygen atoms in total. The summed E-state index contributed by atoms with van der Waals surface area (Å²) in [5.74, 6) is 0.107. The minimum Gasteiger partial charge on any atom is -0.507 e. The molecule has 28 heavy (non-hydrogen) atoms. The third-order valence-corrected chi connectivity index (χ3v) is 4.96. The molecule has 2 fully saturated rings. The molecule has 7 heteroatoms. The number of aromatic hydroxyl groups is 1. The van der Waals surface area contributed by atoms with Gasteiger partial charge in [-0.25, -0.2) is 0 Å². The van der Waals surface area contributed by atoms with E-state index in [1.807, 2.05) is 30.3 Å². The SMILES string of the molecule is CO[C@H]1O[C@@H]2COC(c3ccccc3)O[C@H]2[C@@H](O)[C@H]1N=Cc1ccccc1O. The van der Waals surface area contributed by atoms with E-state index in [9.17, 15) is 10.2 Å². The summed E-state index contributed by atoms with van der Waals surface area (Å²) in [4.78, 5) is 4.43. The lowest BCUT2D eigenvalue weighted by Crippen LogP contribution is -2.61. The molecule has 2 aromatic carbocycles. The molecule has 2 aliphatic rings. The van der Waals surface area contributed by atoms with Crippen molar-refractivity contribution in [2.24, 2.45) is 4.99 Å². The number of hydrogen-bond donors (Lipinski definition) is 2. The highest BCUT2D eigenvalue weighted by atomic mass is 16.7. The molecule has 0 saturated carbocycles. The Kier molecular flexibility index (Phi) is 5.70. The van der Waals surface area contributed by atoms with E-state index in [4.69, 9.17) is 18.9 Å². The van der Waals surface area contributed by atoms with Gasteiger partial charge in [0.25, 0.3) is 0 Å². The Labute approximate surface area is 163 Å². The highest BCUT2D eigenvalue weighted by Gasteiger charge is 2.49. The van der Waals surface area contributed by atoms with Crippen LogP contribution in [-0.2, 0) is 18.9 Å². The van der Waals surface area contributed by atoms with Crippen LogP contribution in [0.25, 0.3) is 0 Å². The Bertz CT molecular complexity index is 814. The summed E-state index contributed by atoms with van der Waals surface area (Å²) in [7, 11) is 1.50. The summed E-state index contributed by atoms with van der Waals surface area (Å²) in [6, 6.07) is 15.7. The number of aliphatic hydroxyl groups excluding tert-OH is 1. The molecule has 0 bridgehead atoms. The molecule has 0 radical (unpaired) electrons. The van der Waals surface area contributed by atoms with Crippen molar-refractivity contribution in [2.75, 3.05) is 13.7 Å². The molecular weight excluding hydrogens is 362 g/mol. The van der Waals surface area contributed by atoms with Gasteiger partial charge in [-0.2, -0.15) is 0 Å². The maximum absolute atomic E-state index is 11.0. The van der Waals surface area contributed by atoms with Gasteiger partial charge in [0.1, 0.15) is 30.1 Å². The second kappa shape index (κ2) is 8.38. The molecule has 148 valence electrons. The van der Waals surface area contributed by atoms with Crippen molar-refractivity contribution in [3.05, 3.63) is 65.7 Å². The number of phenolic OH excluding ortho intramolecular Hbond substituents is 1. The fourth-order valence-electron chi connectivity index (χ4n) is 3.47. The normalized spacial score (nSPS) is 32.9. The molecule has 2 heterocycles. The first-order chi connectivity index (χ1) is 13.7. The molecule has 0 aliphatic carbocycles. The van der Waals surface area contributed by atoms with Gasteiger partial charge in [0, 0.05) is 24.5 Å². The minimum atomic E-state index is -0.957. The van der Waals surface area contributed by atoms with E-state index in [1.165, 1.54) is 13.3 Å². The van der Waals surface area contributed by atoms with Gasteiger partial charge in [-0.1, -0.05) is 42.5 Å². The van der Waals surface area contributed by atoms with E-state index in [2.05, 4.69) is 4.99 Å². The number of fused-ring (bicyclic) bond motifs is 1. The van der Waals surface area contributed by atoms with Gasteiger partial charge in [0.05, 0.1) is 6.61 Å². The minimum absolute atomic E-state index is 0.107. The molecule has 0 spiro atoms. The Morgan fingerprint density at radius 1 is 1.07 bits per heavy atom. The maximum Gasteiger partial charge on any atom is 0.184 e. The highest BCUT2D eigenvalue weighted by Crippen LogP contribution is 2.35. The second-order valence-electron chi connectivity index (χ2n) is 6.77. The summed E-state index contributed by atoms with van der Waals surface area (Å²) in [6.07, 6.45) is -1.86. The summed E-state index contributed by atoms with van der Waals surface area (Å²) in [5.41, 5.74) is 1.41. The van der Waals surface area contributed by atoms with Crippen LogP contribution in [0.1, 0.15) is 17.4 Å². The van der Waals surface area contributed by atoms with Crippen LogP contribution >= 0.6 is 0 Å². The predicted molar refractivity (Wildman–Crippen MR) is 101 cm³/mol. The third-order valence-electron chi connectivity index (χ3n) is 4.96. The van der Waals surface area contributed by atoms with Crippen LogP contribution < -0.4 is 0 Å². The van der Waals surface area contributed by atoms with Crippen molar-refractivity contribution in [2.45, 2.75) is 36.9 Å². The van der Waals surface area contributed by atoms with Crippen LogP contribution in [0.5, 0.6) is 5.75 Å². The molecule has 4 rings (SSSR count). The predicted octanol–water partition coefficient (Wildman–Crippen LogP) is 2.03. The lowest BCUT2D eigenvalue weighted by molar-refractivity contribution is -0.338. The average molecular weight is 385 g/mol. The Morgan fingerprint density at radius 3 is 2.57 bits per heavy atom. The van der Waals surface area contributed by atoms with Gasteiger partial charge < -0.3 is 29.2 Å². The van der Waals surface area contributed by atoms with Crippen molar-refractivity contribution in [3.8, 4) is 5.75 Å². The van der Waals surface area contributed by atoms with E-state index in [0.717, 1.165) is 5.56 Å². The van der Waals surface area contributed by atoms with Crippen LogP contribution in [-0.4, -0.2) is 60.8 Å². The average Bonchev–Trinajstić information content (AvgIpc) is 2.74. The number of phenols is 1. The second-order valence-corrected chi connectivity index (χ2v) is 6.77. The van der Waals surface area contributed by atoms with E-state index in [-0.39, 0.29) is 12.4 Å². The molecule has 2 N–H and O–H groups in total. The monoisotopic (exact) mass is 385 g/mol. The lowest BCUT2D eigenvalue weighted by Gasteiger charge is -2.46. The van der Waals surface area contributed by atoms with Crippen molar-refractivity contribution in [1.82, 2.24) is 0 Å². The Balaban J connectivity index is 1.54. The topological polar surface area (TPSA) is 89.7 Å². The van der Waals surface area contributed by atoms with Crippen LogP contribution in [0.2, 0.25) is 0 Å².